The number of amides is 2. The van der Waals surface area contributed by atoms with E-state index in [0.717, 1.165) is 0 Å². The van der Waals surface area contributed by atoms with Gasteiger partial charge >= 0.3 is 0 Å². The van der Waals surface area contributed by atoms with Crippen molar-refractivity contribution in [1.29, 1.82) is 0 Å². The second kappa shape index (κ2) is 7.21. The standard InChI is InChI=1S/C18H17FN2O4/c1-12(22)21-8-9-24-17-7-4-14(10-16(17)21)20-18(23)11-25-15-5-2-13(19)3-6-15/h2-7,10H,8-9,11H2,1H3,(H,20,23). The zero-order valence-electron chi connectivity index (χ0n) is 13.6. The molecule has 2 aromatic carbocycles. The maximum absolute atomic E-state index is 12.8. The molecule has 0 aliphatic carbocycles. The highest BCUT2D eigenvalue weighted by molar-refractivity contribution is 5.96. The summed E-state index contributed by atoms with van der Waals surface area (Å²) in [7, 11) is 0. The first-order chi connectivity index (χ1) is 12.0. The second-order valence-corrected chi connectivity index (χ2v) is 5.49. The molecule has 130 valence electrons. The zero-order chi connectivity index (χ0) is 17.8. The lowest BCUT2D eigenvalue weighted by atomic mass is 10.2. The van der Waals surface area contributed by atoms with Crippen LogP contribution in [-0.2, 0) is 9.59 Å². The molecule has 2 aromatic rings. The van der Waals surface area contributed by atoms with Gasteiger partial charge in [-0.2, -0.15) is 0 Å². The fourth-order valence-electron chi connectivity index (χ4n) is 2.50. The Kier molecular flexibility index (Phi) is 4.83. The van der Waals surface area contributed by atoms with Gasteiger partial charge in [0.15, 0.2) is 6.61 Å². The minimum Gasteiger partial charge on any atom is -0.490 e. The fourth-order valence-corrected chi connectivity index (χ4v) is 2.50. The molecule has 3 rings (SSSR count). The van der Waals surface area contributed by atoms with E-state index in [-0.39, 0.29) is 24.2 Å². The van der Waals surface area contributed by atoms with Gasteiger partial charge in [-0.25, -0.2) is 4.39 Å². The molecule has 0 saturated heterocycles. The summed E-state index contributed by atoms with van der Waals surface area (Å²) in [4.78, 5) is 25.3. The predicted molar refractivity (Wildman–Crippen MR) is 90.5 cm³/mol. The normalized spacial score (nSPS) is 12.8. The van der Waals surface area contributed by atoms with Crippen LogP contribution in [-0.4, -0.2) is 31.6 Å². The summed E-state index contributed by atoms with van der Waals surface area (Å²) in [6, 6.07) is 10.5. The minimum atomic E-state index is -0.372. The van der Waals surface area contributed by atoms with E-state index >= 15 is 0 Å². The second-order valence-electron chi connectivity index (χ2n) is 5.49. The van der Waals surface area contributed by atoms with Crippen LogP contribution in [0.3, 0.4) is 0 Å². The van der Waals surface area contributed by atoms with Crippen molar-refractivity contribution in [3.63, 3.8) is 0 Å². The number of halogens is 1. The van der Waals surface area contributed by atoms with Gasteiger partial charge in [0, 0.05) is 12.6 Å². The summed E-state index contributed by atoms with van der Waals surface area (Å²) in [6.07, 6.45) is 0. The minimum absolute atomic E-state index is 0.0901. The van der Waals surface area contributed by atoms with Crippen molar-refractivity contribution in [3.8, 4) is 11.5 Å². The average Bonchev–Trinajstić information content (AvgIpc) is 2.60. The molecule has 0 fully saturated rings. The van der Waals surface area contributed by atoms with Crippen molar-refractivity contribution in [1.82, 2.24) is 0 Å². The number of nitrogens with one attached hydrogen (secondary N) is 1. The molecule has 0 spiro atoms. The van der Waals surface area contributed by atoms with Gasteiger partial charge in [-0.3, -0.25) is 9.59 Å². The van der Waals surface area contributed by atoms with Gasteiger partial charge < -0.3 is 19.7 Å². The number of rotatable bonds is 4. The molecule has 1 aliphatic rings. The lowest BCUT2D eigenvalue weighted by Crippen LogP contribution is -2.36. The number of carbonyl (C=O) groups excluding carboxylic acids is 2. The Morgan fingerprint density at radius 2 is 2.00 bits per heavy atom. The number of benzene rings is 2. The van der Waals surface area contributed by atoms with Gasteiger partial charge in [0.2, 0.25) is 5.91 Å². The van der Waals surface area contributed by atoms with E-state index in [1.807, 2.05) is 0 Å². The molecule has 2 amide bonds. The first-order valence-electron chi connectivity index (χ1n) is 7.76. The van der Waals surface area contributed by atoms with Crippen LogP contribution in [0.15, 0.2) is 42.5 Å². The van der Waals surface area contributed by atoms with Gasteiger partial charge in [0.1, 0.15) is 23.9 Å². The third-order valence-electron chi connectivity index (χ3n) is 3.67. The molecular formula is C18H17FN2O4. The van der Waals surface area contributed by atoms with E-state index in [0.29, 0.717) is 36.0 Å². The lowest BCUT2D eigenvalue weighted by molar-refractivity contribution is -0.118. The third-order valence-corrected chi connectivity index (χ3v) is 3.67. The van der Waals surface area contributed by atoms with Crippen LogP contribution in [0.2, 0.25) is 0 Å². The maximum atomic E-state index is 12.8. The van der Waals surface area contributed by atoms with Gasteiger partial charge in [-0.1, -0.05) is 0 Å². The smallest absolute Gasteiger partial charge is 0.262 e. The number of anilines is 2. The van der Waals surface area contributed by atoms with Gasteiger partial charge in [0.05, 0.1) is 12.2 Å². The highest BCUT2D eigenvalue weighted by Crippen LogP contribution is 2.34. The molecule has 6 nitrogen and oxygen atoms in total. The molecule has 7 heteroatoms. The third kappa shape index (κ3) is 4.06. The van der Waals surface area contributed by atoms with Crippen LogP contribution in [0.5, 0.6) is 11.5 Å². The van der Waals surface area contributed by atoms with Gasteiger partial charge in [0.25, 0.3) is 5.91 Å². The number of fused-ring (bicyclic) bond motifs is 1. The Bertz CT molecular complexity index is 792. The number of hydrogen-bond donors (Lipinski definition) is 1. The fraction of sp³-hybridized carbons (Fsp3) is 0.222. The van der Waals surface area contributed by atoms with Crippen LogP contribution in [0.1, 0.15) is 6.92 Å². The molecular weight excluding hydrogens is 327 g/mol. The Balaban J connectivity index is 1.64. The highest BCUT2D eigenvalue weighted by atomic mass is 19.1. The quantitative estimate of drug-likeness (QED) is 0.926. The number of nitrogens with zero attached hydrogens (tertiary/aromatic N) is 1. The summed E-state index contributed by atoms with van der Waals surface area (Å²) in [5.74, 6) is 0.173. The summed E-state index contributed by atoms with van der Waals surface area (Å²) >= 11 is 0. The van der Waals surface area contributed by atoms with E-state index in [2.05, 4.69) is 5.32 Å². The Labute approximate surface area is 144 Å². The first kappa shape index (κ1) is 16.8. The average molecular weight is 344 g/mol. The van der Waals surface area contributed by atoms with Crippen molar-refractivity contribution < 1.29 is 23.5 Å². The molecule has 0 saturated carbocycles. The van der Waals surface area contributed by atoms with Crippen molar-refractivity contribution in [2.24, 2.45) is 0 Å². The van der Waals surface area contributed by atoms with E-state index < -0.39 is 0 Å². The molecule has 0 atom stereocenters. The van der Waals surface area contributed by atoms with E-state index in [1.165, 1.54) is 31.2 Å². The monoisotopic (exact) mass is 344 g/mol. The molecule has 0 unspecified atom stereocenters. The van der Waals surface area contributed by atoms with Crippen molar-refractivity contribution in [2.75, 3.05) is 30.0 Å². The SMILES string of the molecule is CC(=O)N1CCOc2ccc(NC(=O)COc3ccc(F)cc3)cc21. The maximum Gasteiger partial charge on any atom is 0.262 e. The van der Waals surface area contributed by atoms with Crippen molar-refractivity contribution in [2.45, 2.75) is 6.92 Å². The predicted octanol–water partition coefficient (Wildman–Crippen LogP) is 2.59. The molecule has 1 N–H and O–H groups in total. The van der Waals surface area contributed by atoms with Crippen LogP contribution in [0.25, 0.3) is 0 Å². The van der Waals surface area contributed by atoms with Crippen LogP contribution >= 0.6 is 0 Å². The topological polar surface area (TPSA) is 67.9 Å². The van der Waals surface area contributed by atoms with E-state index in [1.54, 1.807) is 23.1 Å². The van der Waals surface area contributed by atoms with Crippen LogP contribution in [0.4, 0.5) is 15.8 Å². The van der Waals surface area contributed by atoms with Gasteiger partial charge in [-0.15, -0.1) is 0 Å². The molecule has 25 heavy (non-hydrogen) atoms. The first-order valence-corrected chi connectivity index (χ1v) is 7.76. The van der Waals surface area contributed by atoms with E-state index in [9.17, 15) is 14.0 Å². The summed E-state index contributed by atoms with van der Waals surface area (Å²) in [5.41, 5.74) is 1.15. The van der Waals surface area contributed by atoms with Crippen LogP contribution in [0, 0.1) is 5.82 Å². The van der Waals surface area contributed by atoms with Crippen molar-refractivity contribution >= 4 is 23.2 Å². The molecule has 0 bridgehead atoms. The largest absolute Gasteiger partial charge is 0.490 e. The summed E-state index contributed by atoms with van der Waals surface area (Å²) in [5, 5.41) is 2.70. The highest BCUT2D eigenvalue weighted by Gasteiger charge is 2.21. The van der Waals surface area contributed by atoms with Crippen molar-refractivity contribution in [3.05, 3.63) is 48.3 Å². The Morgan fingerprint density at radius 3 is 2.72 bits per heavy atom. The molecule has 1 heterocycles. The number of hydrogen-bond acceptors (Lipinski definition) is 4. The number of carbonyl (C=O) groups is 2. The van der Waals surface area contributed by atoms with Crippen LogP contribution < -0.4 is 19.7 Å². The molecule has 1 aliphatic heterocycles. The summed E-state index contributed by atoms with van der Waals surface area (Å²) < 4.78 is 23.6. The Hall–Kier alpha value is -3.09. The molecule has 0 aromatic heterocycles. The summed E-state index contributed by atoms with van der Waals surface area (Å²) in [6.45, 7) is 2.17. The Morgan fingerprint density at radius 1 is 1.24 bits per heavy atom. The van der Waals surface area contributed by atoms with E-state index in [4.69, 9.17) is 9.47 Å². The van der Waals surface area contributed by atoms with Gasteiger partial charge in [-0.05, 0) is 42.5 Å². The lowest BCUT2D eigenvalue weighted by Gasteiger charge is -2.29. The number of ether oxygens (including phenoxy) is 2. The zero-order valence-corrected chi connectivity index (χ0v) is 13.6. The molecule has 0 radical (unpaired) electrons.